The van der Waals surface area contributed by atoms with E-state index < -0.39 is 0 Å². The average Bonchev–Trinajstić information content (AvgIpc) is 2.14. The molecule has 1 aromatic carbocycles. The van der Waals surface area contributed by atoms with E-state index in [-0.39, 0.29) is 17.3 Å². The topological polar surface area (TPSA) is 12.0 Å². The highest BCUT2D eigenvalue weighted by atomic mass is 19.1. The smallest absolute Gasteiger partial charge is 0.123 e. The maximum absolute atomic E-state index is 12.7. The molecule has 0 radical (unpaired) electrons. The van der Waals surface area contributed by atoms with Gasteiger partial charge in [0.1, 0.15) is 5.82 Å². The van der Waals surface area contributed by atoms with E-state index in [9.17, 15) is 4.39 Å². The summed E-state index contributed by atoms with van der Waals surface area (Å²) in [5.41, 5.74) is 1.40. The number of halogens is 1. The van der Waals surface area contributed by atoms with E-state index in [0.717, 1.165) is 12.1 Å². The summed E-state index contributed by atoms with van der Waals surface area (Å²) >= 11 is 0. The van der Waals surface area contributed by atoms with Crippen molar-refractivity contribution in [2.24, 2.45) is 5.41 Å². The molecule has 1 nitrogen and oxygen atoms in total. The lowest BCUT2D eigenvalue weighted by molar-refractivity contribution is 0.359. The van der Waals surface area contributed by atoms with Crippen LogP contribution in [0.2, 0.25) is 0 Å². The molecule has 15 heavy (non-hydrogen) atoms. The van der Waals surface area contributed by atoms with Crippen LogP contribution in [0.5, 0.6) is 0 Å². The Balaban J connectivity index is 2.54. The van der Waals surface area contributed by atoms with E-state index in [1.807, 2.05) is 12.1 Å². The quantitative estimate of drug-likeness (QED) is 0.803. The first kappa shape index (κ1) is 12.2. The van der Waals surface area contributed by atoms with Crippen molar-refractivity contribution >= 4 is 0 Å². The van der Waals surface area contributed by atoms with Gasteiger partial charge >= 0.3 is 0 Å². The average molecular weight is 209 g/mol. The predicted octanol–water partition coefficient (Wildman–Crippen LogP) is 3.52. The van der Waals surface area contributed by atoms with Crippen molar-refractivity contribution in [1.82, 2.24) is 5.32 Å². The van der Waals surface area contributed by atoms with Gasteiger partial charge in [0.05, 0.1) is 0 Å². The molecule has 0 spiro atoms. The second-order valence-corrected chi connectivity index (χ2v) is 5.21. The van der Waals surface area contributed by atoms with Gasteiger partial charge < -0.3 is 5.32 Å². The lowest BCUT2D eigenvalue weighted by atomic mass is 9.96. The van der Waals surface area contributed by atoms with Crippen molar-refractivity contribution in [2.75, 3.05) is 6.54 Å². The third kappa shape index (κ3) is 4.43. The van der Waals surface area contributed by atoms with Gasteiger partial charge in [-0.25, -0.2) is 4.39 Å². The molecule has 1 aromatic rings. The highest BCUT2D eigenvalue weighted by Crippen LogP contribution is 2.16. The minimum atomic E-state index is -0.179. The first-order valence-corrected chi connectivity index (χ1v) is 5.37. The van der Waals surface area contributed by atoms with Crippen LogP contribution in [-0.4, -0.2) is 6.54 Å². The third-order valence-electron chi connectivity index (χ3n) is 2.31. The fourth-order valence-corrected chi connectivity index (χ4v) is 1.33. The molecule has 0 heterocycles. The molecule has 1 atom stereocenters. The molecule has 0 unspecified atom stereocenters. The maximum Gasteiger partial charge on any atom is 0.123 e. The SMILES string of the molecule is C[C@H](NCC(C)(C)C)c1ccc(F)cc1. The van der Waals surface area contributed by atoms with E-state index in [1.54, 1.807) is 0 Å². The van der Waals surface area contributed by atoms with Crippen LogP contribution in [0.1, 0.15) is 39.3 Å². The van der Waals surface area contributed by atoms with Gasteiger partial charge in [-0.05, 0) is 30.0 Å². The highest BCUT2D eigenvalue weighted by molar-refractivity contribution is 5.19. The van der Waals surface area contributed by atoms with Crippen LogP contribution in [0.25, 0.3) is 0 Å². The molecule has 0 aliphatic heterocycles. The van der Waals surface area contributed by atoms with E-state index in [0.29, 0.717) is 0 Å². The second kappa shape index (κ2) is 4.75. The number of rotatable bonds is 3. The largest absolute Gasteiger partial charge is 0.310 e. The molecule has 2 heteroatoms. The van der Waals surface area contributed by atoms with Crippen LogP contribution >= 0.6 is 0 Å². The summed E-state index contributed by atoms with van der Waals surface area (Å²) in [4.78, 5) is 0. The molecule has 0 amide bonds. The first-order valence-electron chi connectivity index (χ1n) is 5.37. The molecule has 0 aliphatic rings. The second-order valence-electron chi connectivity index (χ2n) is 5.21. The van der Waals surface area contributed by atoms with Gasteiger partial charge in [0.15, 0.2) is 0 Å². The molecular weight excluding hydrogens is 189 g/mol. The molecule has 0 aromatic heterocycles. The molecule has 1 rings (SSSR count). The molecule has 84 valence electrons. The normalized spacial score (nSPS) is 13.9. The van der Waals surface area contributed by atoms with Gasteiger partial charge in [0, 0.05) is 12.6 Å². The van der Waals surface area contributed by atoms with Crippen molar-refractivity contribution < 1.29 is 4.39 Å². The summed E-state index contributed by atoms with van der Waals surface area (Å²) < 4.78 is 12.7. The standard InChI is InChI=1S/C13H20FN/c1-10(15-9-13(2,3)4)11-5-7-12(14)8-6-11/h5-8,10,15H,9H2,1-4H3/t10-/m0/s1. The Morgan fingerprint density at radius 3 is 2.20 bits per heavy atom. The number of hydrogen-bond donors (Lipinski definition) is 1. The first-order chi connectivity index (χ1) is 6.88. The monoisotopic (exact) mass is 209 g/mol. The molecule has 1 N–H and O–H groups in total. The lowest BCUT2D eigenvalue weighted by Crippen LogP contribution is -2.29. The van der Waals surface area contributed by atoms with E-state index in [2.05, 4.69) is 33.0 Å². The zero-order valence-electron chi connectivity index (χ0n) is 9.97. The number of benzene rings is 1. The Bertz CT molecular complexity index is 297. The van der Waals surface area contributed by atoms with Crippen molar-refractivity contribution in [1.29, 1.82) is 0 Å². The molecule has 0 fully saturated rings. The van der Waals surface area contributed by atoms with Crippen LogP contribution in [0.15, 0.2) is 24.3 Å². The molecule has 0 aliphatic carbocycles. The van der Waals surface area contributed by atoms with Crippen LogP contribution in [0, 0.1) is 11.2 Å². The zero-order chi connectivity index (χ0) is 11.5. The molecule has 0 saturated carbocycles. The summed E-state index contributed by atoms with van der Waals surface area (Å²) in [5, 5.41) is 3.44. The van der Waals surface area contributed by atoms with Crippen molar-refractivity contribution in [3.63, 3.8) is 0 Å². The minimum Gasteiger partial charge on any atom is -0.310 e. The van der Waals surface area contributed by atoms with Gasteiger partial charge in [0.25, 0.3) is 0 Å². The summed E-state index contributed by atoms with van der Waals surface area (Å²) in [6, 6.07) is 6.94. The Kier molecular flexibility index (Phi) is 3.86. The van der Waals surface area contributed by atoms with Gasteiger partial charge in [-0.2, -0.15) is 0 Å². The van der Waals surface area contributed by atoms with Gasteiger partial charge in [0.2, 0.25) is 0 Å². The maximum atomic E-state index is 12.7. The van der Waals surface area contributed by atoms with Crippen molar-refractivity contribution in [3.8, 4) is 0 Å². The molecule has 0 saturated heterocycles. The lowest BCUT2D eigenvalue weighted by Gasteiger charge is -2.22. The zero-order valence-corrected chi connectivity index (χ0v) is 9.97. The van der Waals surface area contributed by atoms with Gasteiger partial charge in [-0.3, -0.25) is 0 Å². The predicted molar refractivity (Wildman–Crippen MR) is 62.3 cm³/mol. The van der Waals surface area contributed by atoms with Crippen LogP contribution < -0.4 is 5.32 Å². The van der Waals surface area contributed by atoms with Gasteiger partial charge in [-0.1, -0.05) is 32.9 Å². The van der Waals surface area contributed by atoms with Gasteiger partial charge in [-0.15, -0.1) is 0 Å². The summed E-state index contributed by atoms with van der Waals surface area (Å²) in [6.45, 7) is 9.62. The van der Waals surface area contributed by atoms with Crippen LogP contribution in [-0.2, 0) is 0 Å². The summed E-state index contributed by atoms with van der Waals surface area (Å²) in [5.74, 6) is -0.179. The number of nitrogens with one attached hydrogen (secondary N) is 1. The fraction of sp³-hybridized carbons (Fsp3) is 0.538. The third-order valence-corrected chi connectivity index (χ3v) is 2.31. The Morgan fingerprint density at radius 1 is 1.20 bits per heavy atom. The van der Waals surface area contributed by atoms with E-state index in [4.69, 9.17) is 0 Å². The van der Waals surface area contributed by atoms with Crippen molar-refractivity contribution in [2.45, 2.75) is 33.7 Å². The Labute approximate surface area is 91.7 Å². The Hall–Kier alpha value is -0.890. The molecular formula is C13H20FN. The van der Waals surface area contributed by atoms with E-state index >= 15 is 0 Å². The van der Waals surface area contributed by atoms with Crippen LogP contribution in [0.3, 0.4) is 0 Å². The molecule has 0 bridgehead atoms. The summed E-state index contributed by atoms with van der Waals surface area (Å²) in [7, 11) is 0. The van der Waals surface area contributed by atoms with E-state index in [1.165, 1.54) is 12.1 Å². The number of hydrogen-bond acceptors (Lipinski definition) is 1. The highest BCUT2D eigenvalue weighted by Gasteiger charge is 2.12. The van der Waals surface area contributed by atoms with Crippen molar-refractivity contribution in [3.05, 3.63) is 35.6 Å². The Morgan fingerprint density at radius 2 is 1.73 bits per heavy atom. The summed E-state index contributed by atoms with van der Waals surface area (Å²) in [6.07, 6.45) is 0. The minimum absolute atomic E-state index is 0.179. The fourth-order valence-electron chi connectivity index (χ4n) is 1.33. The van der Waals surface area contributed by atoms with Crippen LogP contribution in [0.4, 0.5) is 4.39 Å².